The summed E-state index contributed by atoms with van der Waals surface area (Å²) < 4.78 is 27.3. The summed E-state index contributed by atoms with van der Waals surface area (Å²) in [6, 6.07) is 3.16. The molecule has 118 valence electrons. The molecule has 0 unspecified atom stereocenters. The molecule has 1 fully saturated rings. The van der Waals surface area contributed by atoms with E-state index >= 15 is 0 Å². The lowest BCUT2D eigenvalue weighted by molar-refractivity contribution is 0.213. The zero-order chi connectivity index (χ0) is 15.3. The quantitative estimate of drug-likeness (QED) is 0.801. The second-order valence-corrected chi connectivity index (χ2v) is 7.32. The third kappa shape index (κ3) is 4.47. The van der Waals surface area contributed by atoms with Crippen molar-refractivity contribution in [3.8, 4) is 0 Å². The predicted molar refractivity (Wildman–Crippen MR) is 82.2 cm³/mol. The maximum Gasteiger partial charge on any atom is 0.242 e. The number of likely N-dealkylation sites (tertiary alicyclic amines) is 1. The number of piperidine rings is 1. The zero-order valence-electron chi connectivity index (χ0n) is 12.5. The Bertz CT molecular complexity index is 554. The Balaban J connectivity index is 1.89. The molecule has 0 radical (unpaired) electrons. The predicted octanol–water partition coefficient (Wildman–Crippen LogP) is 0.551. The lowest BCUT2D eigenvalue weighted by Crippen LogP contribution is -2.33. The molecule has 7 heteroatoms. The van der Waals surface area contributed by atoms with Gasteiger partial charge in [0.15, 0.2) is 0 Å². The van der Waals surface area contributed by atoms with Crippen LogP contribution in [0.1, 0.15) is 25.0 Å². The van der Waals surface area contributed by atoms with Crippen LogP contribution in [0.25, 0.3) is 0 Å². The molecule has 0 aliphatic carbocycles. The van der Waals surface area contributed by atoms with Gasteiger partial charge in [-0.1, -0.05) is 0 Å². The van der Waals surface area contributed by atoms with Crippen molar-refractivity contribution in [2.75, 3.05) is 26.7 Å². The summed E-state index contributed by atoms with van der Waals surface area (Å²) in [6.45, 7) is 2.77. The van der Waals surface area contributed by atoms with Gasteiger partial charge in [0.1, 0.15) is 4.90 Å². The number of pyridine rings is 1. The van der Waals surface area contributed by atoms with Crippen molar-refractivity contribution in [1.29, 1.82) is 0 Å². The minimum Gasteiger partial charge on any atom is -0.325 e. The molecule has 3 N–H and O–H groups in total. The first-order chi connectivity index (χ1) is 10.0. The van der Waals surface area contributed by atoms with E-state index < -0.39 is 10.0 Å². The SMILES string of the molecule is CN1CCC(CCNS(=O)(=O)c2cccnc2CN)CC1. The number of nitrogens with zero attached hydrogens (tertiary/aromatic N) is 2. The number of nitrogens with two attached hydrogens (primary N) is 1. The molecule has 2 rings (SSSR count). The topological polar surface area (TPSA) is 88.3 Å². The van der Waals surface area contributed by atoms with Crippen LogP contribution in [0.5, 0.6) is 0 Å². The van der Waals surface area contributed by atoms with Crippen molar-refractivity contribution in [2.45, 2.75) is 30.7 Å². The van der Waals surface area contributed by atoms with Gasteiger partial charge in [0, 0.05) is 19.3 Å². The number of hydrogen-bond donors (Lipinski definition) is 2. The van der Waals surface area contributed by atoms with E-state index in [4.69, 9.17) is 5.73 Å². The van der Waals surface area contributed by atoms with Crippen LogP contribution in [0.4, 0.5) is 0 Å². The molecule has 0 atom stereocenters. The number of aromatic nitrogens is 1. The summed E-state index contributed by atoms with van der Waals surface area (Å²) in [5, 5.41) is 0. The van der Waals surface area contributed by atoms with Crippen molar-refractivity contribution in [3.63, 3.8) is 0 Å². The van der Waals surface area contributed by atoms with Crippen molar-refractivity contribution in [1.82, 2.24) is 14.6 Å². The maximum absolute atomic E-state index is 12.3. The molecule has 0 aromatic carbocycles. The molecule has 1 saturated heterocycles. The first-order valence-corrected chi connectivity index (χ1v) is 8.83. The highest BCUT2D eigenvalue weighted by atomic mass is 32.2. The lowest BCUT2D eigenvalue weighted by Gasteiger charge is -2.28. The van der Waals surface area contributed by atoms with Gasteiger partial charge in [0.25, 0.3) is 0 Å². The molecular formula is C14H24N4O2S. The Morgan fingerprint density at radius 1 is 1.43 bits per heavy atom. The van der Waals surface area contributed by atoms with Gasteiger partial charge < -0.3 is 10.6 Å². The van der Waals surface area contributed by atoms with E-state index in [1.165, 1.54) is 0 Å². The Morgan fingerprint density at radius 2 is 2.14 bits per heavy atom. The number of rotatable bonds is 6. The summed E-state index contributed by atoms with van der Waals surface area (Å²) in [5.74, 6) is 0.603. The molecule has 1 aliphatic rings. The van der Waals surface area contributed by atoms with Crippen LogP contribution in [0, 0.1) is 5.92 Å². The first kappa shape index (κ1) is 16.4. The largest absolute Gasteiger partial charge is 0.325 e. The molecule has 0 bridgehead atoms. The summed E-state index contributed by atoms with van der Waals surface area (Å²) in [6.07, 6.45) is 4.71. The van der Waals surface area contributed by atoms with Crippen molar-refractivity contribution in [3.05, 3.63) is 24.0 Å². The molecule has 6 nitrogen and oxygen atoms in total. The minimum absolute atomic E-state index is 0.117. The summed E-state index contributed by atoms with van der Waals surface area (Å²) >= 11 is 0. The van der Waals surface area contributed by atoms with Crippen LogP contribution in [0.2, 0.25) is 0 Å². The van der Waals surface area contributed by atoms with Gasteiger partial charge in [-0.25, -0.2) is 13.1 Å². The fourth-order valence-corrected chi connectivity index (χ4v) is 3.89. The Hall–Kier alpha value is -1.02. The Kier molecular flexibility index (Phi) is 5.69. The molecule has 1 aromatic heterocycles. The van der Waals surface area contributed by atoms with Crippen LogP contribution in [0.15, 0.2) is 23.2 Å². The van der Waals surface area contributed by atoms with Crippen molar-refractivity contribution in [2.24, 2.45) is 11.7 Å². The Labute approximate surface area is 126 Å². The highest BCUT2D eigenvalue weighted by Crippen LogP contribution is 2.19. The monoisotopic (exact) mass is 312 g/mol. The second kappa shape index (κ2) is 7.31. The normalized spacial score (nSPS) is 18.0. The fourth-order valence-electron chi connectivity index (χ4n) is 2.65. The van der Waals surface area contributed by atoms with Crippen LogP contribution in [-0.2, 0) is 16.6 Å². The number of hydrogen-bond acceptors (Lipinski definition) is 5. The standard InChI is InChI=1S/C14H24N4O2S/c1-18-9-5-12(6-10-18)4-8-17-21(19,20)14-3-2-7-16-13(14)11-15/h2-3,7,12,17H,4-6,8-11,15H2,1H3. The smallest absolute Gasteiger partial charge is 0.242 e. The van der Waals surface area contributed by atoms with Gasteiger partial charge in [-0.3, -0.25) is 4.98 Å². The van der Waals surface area contributed by atoms with Crippen LogP contribution < -0.4 is 10.5 Å². The highest BCUT2D eigenvalue weighted by molar-refractivity contribution is 7.89. The molecule has 1 aromatic rings. The van der Waals surface area contributed by atoms with Gasteiger partial charge in [-0.2, -0.15) is 0 Å². The number of sulfonamides is 1. The van der Waals surface area contributed by atoms with E-state index in [1.807, 2.05) is 0 Å². The van der Waals surface area contributed by atoms with Crippen LogP contribution in [0.3, 0.4) is 0 Å². The molecule has 1 aliphatic heterocycles. The van der Waals surface area contributed by atoms with Crippen molar-refractivity contribution >= 4 is 10.0 Å². The fraction of sp³-hybridized carbons (Fsp3) is 0.643. The van der Waals surface area contributed by atoms with Crippen LogP contribution in [-0.4, -0.2) is 45.0 Å². The van der Waals surface area contributed by atoms with Gasteiger partial charge >= 0.3 is 0 Å². The second-order valence-electron chi connectivity index (χ2n) is 5.59. The van der Waals surface area contributed by atoms with E-state index in [9.17, 15) is 8.42 Å². The molecule has 21 heavy (non-hydrogen) atoms. The van der Waals surface area contributed by atoms with Gasteiger partial charge in [-0.15, -0.1) is 0 Å². The Morgan fingerprint density at radius 3 is 2.81 bits per heavy atom. The highest BCUT2D eigenvalue weighted by Gasteiger charge is 2.20. The zero-order valence-corrected chi connectivity index (χ0v) is 13.3. The molecule has 0 spiro atoms. The van der Waals surface area contributed by atoms with Crippen molar-refractivity contribution < 1.29 is 8.42 Å². The third-order valence-corrected chi connectivity index (χ3v) is 5.55. The van der Waals surface area contributed by atoms with E-state index in [0.717, 1.165) is 32.4 Å². The first-order valence-electron chi connectivity index (χ1n) is 7.35. The lowest BCUT2D eigenvalue weighted by atomic mass is 9.94. The van der Waals surface area contributed by atoms with E-state index in [2.05, 4.69) is 21.7 Å². The van der Waals surface area contributed by atoms with E-state index in [-0.39, 0.29) is 11.4 Å². The molecule has 2 heterocycles. The van der Waals surface area contributed by atoms with Gasteiger partial charge in [-0.05, 0) is 57.5 Å². The van der Waals surface area contributed by atoms with E-state index in [1.54, 1.807) is 18.3 Å². The summed E-state index contributed by atoms with van der Waals surface area (Å²) in [7, 11) is -1.40. The van der Waals surface area contributed by atoms with Gasteiger partial charge in [0.05, 0.1) is 5.69 Å². The average molecular weight is 312 g/mol. The molecule has 0 amide bonds. The van der Waals surface area contributed by atoms with E-state index in [0.29, 0.717) is 18.2 Å². The minimum atomic E-state index is -3.52. The maximum atomic E-state index is 12.3. The molecular weight excluding hydrogens is 288 g/mol. The summed E-state index contributed by atoms with van der Waals surface area (Å²) in [5.41, 5.74) is 5.95. The summed E-state index contributed by atoms with van der Waals surface area (Å²) in [4.78, 5) is 6.52. The van der Waals surface area contributed by atoms with Gasteiger partial charge in [0.2, 0.25) is 10.0 Å². The number of nitrogens with one attached hydrogen (secondary N) is 1. The third-order valence-electron chi connectivity index (χ3n) is 4.01. The molecule has 0 saturated carbocycles. The average Bonchev–Trinajstić information content (AvgIpc) is 2.49. The van der Waals surface area contributed by atoms with Crippen LogP contribution >= 0.6 is 0 Å².